The zero-order valence-electron chi connectivity index (χ0n) is 29.2. The van der Waals surface area contributed by atoms with E-state index in [4.69, 9.17) is 20.2 Å². The van der Waals surface area contributed by atoms with Crippen LogP contribution in [0, 0.1) is 12.1 Å². The number of carbonyl (C=O) groups excluding carboxylic acids is 2. The third kappa shape index (κ3) is 11.1. The number of para-hydroxylation sites is 2. The Morgan fingerprint density at radius 2 is 1.12 bits per heavy atom. The van der Waals surface area contributed by atoms with Gasteiger partial charge in [0.25, 0.3) is 0 Å². The van der Waals surface area contributed by atoms with Gasteiger partial charge in [0.05, 0.1) is 22.6 Å². The molecule has 0 bridgehead atoms. The van der Waals surface area contributed by atoms with Gasteiger partial charge in [-0.15, -0.1) is 70.4 Å². The van der Waals surface area contributed by atoms with Crippen molar-refractivity contribution in [3.63, 3.8) is 0 Å². The molecule has 0 spiro atoms. The number of aliphatic hydroxyl groups is 2. The number of rotatable bonds is 2. The van der Waals surface area contributed by atoms with Crippen LogP contribution in [0.3, 0.4) is 0 Å². The summed E-state index contributed by atoms with van der Waals surface area (Å²) in [6, 6.07) is 44.2. The molecule has 0 amide bonds. The van der Waals surface area contributed by atoms with Gasteiger partial charge in [-0.1, -0.05) is 72.6 Å². The Hall–Kier alpha value is -4.84. The number of benzene rings is 5. The van der Waals surface area contributed by atoms with Crippen LogP contribution in [0.2, 0.25) is 0 Å². The van der Waals surface area contributed by atoms with Crippen LogP contribution in [-0.4, -0.2) is 31.7 Å². The zero-order valence-corrected chi connectivity index (χ0v) is 34.0. The fourth-order valence-corrected chi connectivity index (χ4v) is 5.76. The fourth-order valence-electron chi connectivity index (χ4n) is 5.76. The predicted octanol–water partition coefficient (Wildman–Crippen LogP) is 10.2. The van der Waals surface area contributed by atoms with Gasteiger partial charge in [0.15, 0.2) is 11.6 Å². The van der Waals surface area contributed by atoms with Crippen molar-refractivity contribution in [2.45, 2.75) is 40.5 Å². The molecule has 2 radical (unpaired) electrons. The van der Waals surface area contributed by atoms with Gasteiger partial charge < -0.3 is 10.2 Å². The zero-order chi connectivity index (χ0) is 35.6. The summed E-state index contributed by atoms with van der Waals surface area (Å²) >= 11 is 0. The molecule has 2 N–H and O–H groups in total. The number of nitrogens with zero attached hydrogens (tertiary/aromatic N) is 2. The fraction of sp³-hybridized carbons (Fsp3) is 0.136. The Labute approximate surface area is 331 Å². The number of carbonyl (C=O) groups is 2. The minimum Gasteiger partial charge on any atom is -0.512 e. The summed E-state index contributed by atoms with van der Waals surface area (Å²) in [5.41, 5.74) is 8.17. The number of fused-ring (bicyclic) bond motifs is 8. The van der Waals surface area contributed by atoms with Crippen LogP contribution in [0.15, 0.2) is 133 Å². The van der Waals surface area contributed by atoms with Crippen molar-refractivity contribution in [1.29, 1.82) is 0 Å². The molecule has 0 unspecified atom stereocenters. The largest absolute Gasteiger partial charge is 0.512 e. The molecule has 2 heterocycles. The first-order valence-electron chi connectivity index (χ1n) is 16.3. The van der Waals surface area contributed by atoms with Crippen LogP contribution >= 0.6 is 0 Å². The molecule has 1 aliphatic rings. The van der Waals surface area contributed by atoms with Crippen molar-refractivity contribution in [2.24, 2.45) is 0 Å². The van der Waals surface area contributed by atoms with Crippen molar-refractivity contribution in [3.05, 3.63) is 156 Å². The summed E-state index contributed by atoms with van der Waals surface area (Å²) < 4.78 is 0. The molecule has 1 aliphatic carbocycles. The maximum absolute atomic E-state index is 10.0. The van der Waals surface area contributed by atoms with Gasteiger partial charge in [0.2, 0.25) is 0 Å². The van der Waals surface area contributed by atoms with E-state index in [1.165, 1.54) is 78.1 Å². The summed E-state index contributed by atoms with van der Waals surface area (Å²) in [4.78, 5) is 29.6. The molecule has 2 aromatic heterocycles. The van der Waals surface area contributed by atoms with Crippen molar-refractivity contribution >= 4 is 55.0 Å². The van der Waals surface area contributed by atoms with E-state index in [0.717, 1.165) is 40.5 Å². The van der Waals surface area contributed by atoms with Crippen LogP contribution in [0.25, 0.3) is 54.7 Å². The van der Waals surface area contributed by atoms with Gasteiger partial charge in [0.1, 0.15) is 0 Å². The molecule has 0 fully saturated rings. The molecule has 7 aromatic rings. The number of hydrogen-bond donors (Lipinski definition) is 2. The van der Waals surface area contributed by atoms with E-state index in [0.29, 0.717) is 0 Å². The Balaban J connectivity index is 0.000000203. The van der Waals surface area contributed by atoms with Crippen molar-refractivity contribution in [3.8, 4) is 11.3 Å². The second-order valence-corrected chi connectivity index (χ2v) is 12.0. The monoisotopic (exact) mass is 1040 g/mol. The molecule has 8 rings (SSSR count). The van der Waals surface area contributed by atoms with E-state index in [9.17, 15) is 9.59 Å². The molecule has 0 saturated carbocycles. The molecule has 0 aliphatic heterocycles. The van der Waals surface area contributed by atoms with Crippen LogP contribution in [0.4, 0.5) is 0 Å². The molecule has 5 aromatic carbocycles. The van der Waals surface area contributed by atoms with Crippen LogP contribution in [0.1, 0.15) is 38.8 Å². The molecular weight excluding hydrogens is 1000 g/mol. The molecule has 6 nitrogen and oxygen atoms in total. The second kappa shape index (κ2) is 19.7. The van der Waals surface area contributed by atoms with Crippen LogP contribution in [-0.2, 0) is 62.6 Å². The number of aromatic nitrogens is 2. The smallest absolute Gasteiger partial charge is 0.155 e. The topological polar surface area (TPSA) is 100 Å². The maximum atomic E-state index is 10.0. The molecule has 268 valence electrons. The van der Waals surface area contributed by atoms with Gasteiger partial charge in [-0.3, -0.25) is 19.6 Å². The number of hydrogen-bond acceptors (Lipinski definition) is 6. The number of ketones is 2. The predicted molar refractivity (Wildman–Crippen MR) is 203 cm³/mol. The average Bonchev–Trinajstić information content (AvgIpc) is 3.09. The Morgan fingerprint density at radius 3 is 1.73 bits per heavy atom. The normalized spacial score (nSPS) is 11.5. The summed E-state index contributed by atoms with van der Waals surface area (Å²) in [7, 11) is 0. The SMILES string of the molecule is CC(=O)C=C(C)O.CC(=O)C=C(C)O.[Ir].[Ir].[c-]1cccc2c1-c1nc3ccccc3cc1CC2.[c-]1cccc2ccc3cc4ccccc4nc3c12. The number of aliphatic hydroxyl groups excluding tert-OH is 2. The third-order valence-corrected chi connectivity index (χ3v) is 7.79. The van der Waals surface area contributed by atoms with E-state index in [1.54, 1.807) is 0 Å². The first-order chi connectivity index (χ1) is 24.1. The van der Waals surface area contributed by atoms with E-state index in [1.807, 2.05) is 36.4 Å². The van der Waals surface area contributed by atoms with Gasteiger partial charge in [-0.2, -0.15) is 0 Å². The standard InChI is InChI=1S/C17H12N.C17H10N.2C5H8O2.2Ir/c2*1-3-7-15-12(5-1)9-10-14-11-13-6-2-4-8-16(13)18-17(14)15;2*1-4(6)3-5(2)7;;/h1-6,8,11H,9-10H2;1-6,8-11H;2*3,6H,1-2H3;;/q2*-1;;;;. The van der Waals surface area contributed by atoms with Crippen LogP contribution in [0.5, 0.6) is 0 Å². The van der Waals surface area contributed by atoms with Gasteiger partial charge >= 0.3 is 0 Å². The van der Waals surface area contributed by atoms with Gasteiger partial charge in [-0.05, 0) is 73.6 Å². The minimum absolute atomic E-state index is 0. The first kappa shape index (κ1) is 41.6. The average molecular weight is 1040 g/mol. The van der Waals surface area contributed by atoms with Crippen molar-refractivity contribution in [2.75, 3.05) is 0 Å². The van der Waals surface area contributed by atoms with Gasteiger partial charge in [-0.25, -0.2) is 0 Å². The Kier molecular flexibility index (Phi) is 15.7. The summed E-state index contributed by atoms with van der Waals surface area (Å²) in [6.45, 7) is 5.70. The van der Waals surface area contributed by atoms with Crippen LogP contribution < -0.4 is 0 Å². The summed E-state index contributed by atoms with van der Waals surface area (Å²) in [5, 5.41) is 22.6. The molecule has 0 atom stereocenters. The minimum atomic E-state index is -0.125. The van der Waals surface area contributed by atoms with E-state index in [2.05, 4.69) is 84.9 Å². The molecular formula is C44H38Ir2N2O4-2. The maximum Gasteiger partial charge on any atom is 0.155 e. The summed E-state index contributed by atoms with van der Waals surface area (Å²) in [6.07, 6.45) is 4.51. The molecule has 52 heavy (non-hydrogen) atoms. The first-order valence-corrected chi connectivity index (χ1v) is 16.3. The quantitative estimate of drug-likeness (QED) is 0.0588. The Bertz CT molecular complexity index is 2360. The molecule has 0 saturated heterocycles. The van der Waals surface area contributed by atoms with Crippen molar-refractivity contribution in [1.82, 2.24) is 9.97 Å². The second-order valence-electron chi connectivity index (χ2n) is 12.0. The number of allylic oxidation sites excluding steroid dienone is 4. The summed E-state index contributed by atoms with van der Waals surface area (Å²) in [5.74, 6) is -0.125. The van der Waals surface area contributed by atoms with E-state index < -0.39 is 0 Å². The van der Waals surface area contributed by atoms with E-state index >= 15 is 0 Å². The molecule has 8 heteroatoms. The number of aryl methyl sites for hydroxylation is 2. The number of pyridine rings is 2. The van der Waals surface area contributed by atoms with Gasteiger partial charge in [0, 0.05) is 52.4 Å². The Morgan fingerprint density at radius 1 is 0.596 bits per heavy atom. The van der Waals surface area contributed by atoms with E-state index in [-0.39, 0.29) is 63.3 Å². The third-order valence-electron chi connectivity index (χ3n) is 7.79. The van der Waals surface area contributed by atoms with Crippen molar-refractivity contribution < 1.29 is 60.0 Å².